The highest BCUT2D eigenvalue weighted by Crippen LogP contribution is 2.23. The van der Waals surface area contributed by atoms with Crippen LogP contribution in [-0.4, -0.2) is 49.5 Å². The fraction of sp³-hybridized carbons (Fsp3) is 0.318. The van der Waals surface area contributed by atoms with Crippen LogP contribution >= 0.6 is 0 Å². The molecule has 0 bridgehead atoms. The van der Waals surface area contributed by atoms with E-state index in [1.807, 2.05) is 60.7 Å². The Kier molecular flexibility index (Phi) is 6.49. The highest BCUT2D eigenvalue weighted by atomic mass is 16.5. The summed E-state index contributed by atoms with van der Waals surface area (Å²) in [6.45, 7) is 0.259. The third kappa shape index (κ3) is 4.93. The van der Waals surface area contributed by atoms with Crippen LogP contribution in [-0.2, 0) is 25.5 Å². The minimum absolute atomic E-state index is 0.0994. The molecule has 1 saturated heterocycles. The molecule has 0 aliphatic carbocycles. The number of rotatable bonds is 7. The predicted molar refractivity (Wildman–Crippen MR) is 109 cm³/mol. The first-order valence-corrected chi connectivity index (χ1v) is 9.50. The van der Waals surface area contributed by atoms with E-state index in [1.54, 1.807) is 17.1 Å². The van der Waals surface area contributed by atoms with Crippen LogP contribution in [0.15, 0.2) is 60.7 Å². The molecule has 2 unspecified atom stereocenters. The van der Waals surface area contributed by atoms with E-state index in [9.17, 15) is 14.4 Å². The SMILES string of the molecule is COC(=O)C(Cc1ccccc1)NC(=O)C1CC(=O)N(N(C)c2ccccc2)C1. The standard InChI is InChI=1S/C22H25N3O4/c1-24(18-11-7-4-8-12-18)25-15-17(14-20(25)26)21(27)23-19(22(28)29-2)13-16-9-5-3-6-10-16/h3-12,17,19H,13-15H2,1-2H3,(H,23,27). The summed E-state index contributed by atoms with van der Waals surface area (Å²) in [6.07, 6.45) is 0.426. The number of esters is 1. The number of nitrogens with one attached hydrogen (secondary N) is 1. The van der Waals surface area contributed by atoms with E-state index in [0.717, 1.165) is 11.3 Å². The Morgan fingerprint density at radius 2 is 1.76 bits per heavy atom. The molecule has 2 amide bonds. The Morgan fingerprint density at radius 1 is 1.14 bits per heavy atom. The minimum Gasteiger partial charge on any atom is -0.467 e. The summed E-state index contributed by atoms with van der Waals surface area (Å²) in [7, 11) is 3.09. The van der Waals surface area contributed by atoms with Crippen LogP contribution in [0.25, 0.3) is 0 Å². The van der Waals surface area contributed by atoms with Crippen molar-refractivity contribution in [1.29, 1.82) is 0 Å². The van der Waals surface area contributed by atoms with Crippen molar-refractivity contribution in [3.8, 4) is 0 Å². The number of methoxy groups -OCH3 is 1. The van der Waals surface area contributed by atoms with E-state index in [4.69, 9.17) is 4.74 Å². The van der Waals surface area contributed by atoms with Gasteiger partial charge in [-0.05, 0) is 17.7 Å². The van der Waals surface area contributed by atoms with Gasteiger partial charge in [0.15, 0.2) is 0 Å². The third-order valence-corrected chi connectivity index (χ3v) is 5.05. The largest absolute Gasteiger partial charge is 0.467 e. The molecule has 0 spiro atoms. The molecule has 3 rings (SSSR count). The van der Waals surface area contributed by atoms with Crippen molar-refractivity contribution < 1.29 is 19.1 Å². The van der Waals surface area contributed by atoms with Gasteiger partial charge in [0.25, 0.3) is 0 Å². The average Bonchev–Trinajstić information content (AvgIpc) is 3.15. The van der Waals surface area contributed by atoms with Crippen LogP contribution in [0.5, 0.6) is 0 Å². The van der Waals surface area contributed by atoms with Crippen molar-refractivity contribution in [2.75, 3.05) is 25.7 Å². The van der Waals surface area contributed by atoms with E-state index >= 15 is 0 Å². The van der Waals surface area contributed by atoms with Gasteiger partial charge in [0.1, 0.15) is 6.04 Å². The summed E-state index contributed by atoms with van der Waals surface area (Å²) in [5, 5.41) is 6.07. The maximum atomic E-state index is 12.8. The minimum atomic E-state index is -0.800. The summed E-state index contributed by atoms with van der Waals surface area (Å²) in [5.74, 6) is -1.50. The number of hydrazine groups is 1. The number of nitrogens with zero attached hydrogens (tertiary/aromatic N) is 2. The van der Waals surface area contributed by atoms with Crippen LogP contribution in [0.2, 0.25) is 0 Å². The molecule has 1 aliphatic rings. The maximum absolute atomic E-state index is 12.8. The molecule has 0 aromatic heterocycles. The second-order valence-corrected chi connectivity index (χ2v) is 7.01. The van der Waals surface area contributed by atoms with Gasteiger partial charge in [0, 0.05) is 19.9 Å². The molecule has 2 aromatic rings. The first-order chi connectivity index (χ1) is 14.0. The van der Waals surface area contributed by atoms with E-state index in [1.165, 1.54) is 7.11 Å². The Bertz CT molecular complexity index is 857. The zero-order valence-electron chi connectivity index (χ0n) is 16.6. The summed E-state index contributed by atoms with van der Waals surface area (Å²) in [6, 6.07) is 18.1. The van der Waals surface area contributed by atoms with Crippen molar-refractivity contribution in [3.63, 3.8) is 0 Å². The molecule has 2 aromatic carbocycles. The zero-order chi connectivity index (χ0) is 20.8. The molecule has 0 saturated carbocycles. The molecule has 1 aliphatic heterocycles. The van der Waals surface area contributed by atoms with E-state index in [-0.39, 0.29) is 24.8 Å². The van der Waals surface area contributed by atoms with Gasteiger partial charge >= 0.3 is 5.97 Å². The predicted octanol–water partition coefficient (Wildman–Crippen LogP) is 1.79. The molecule has 1 fully saturated rings. The van der Waals surface area contributed by atoms with Gasteiger partial charge in [0.2, 0.25) is 11.8 Å². The highest BCUT2D eigenvalue weighted by molar-refractivity contribution is 5.92. The van der Waals surface area contributed by atoms with Crippen LogP contribution in [0.1, 0.15) is 12.0 Å². The monoisotopic (exact) mass is 395 g/mol. The fourth-order valence-electron chi connectivity index (χ4n) is 3.41. The van der Waals surface area contributed by atoms with Gasteiger partial charge in [-0.2, -0.15) is 0 Å². The molecule has 0 radical (unpaired) electrons. The second-order valence-electron chi connectivity index (χ2n) is 7.01. The van der Waals surface area contributed by atoms with Gasteiger partial charge < -0.3 is 10.1 Å². The smallest absolute Gasteiger partial charge is 0.328 e. The molecule has 152 valence electrons. The zero-order valence-corrected chi connectivity index (χ0v) is 16.6. The van der Waals surface area contributed by atoms with Crippen molar-refractivity contribution in [2.45, 2.75) is 18.9 Å². The summed E-state index contributed by atoms with van der Waals surface area (Å²) < 4.78 is 4.85. The Balaban J connectivity index is 1.66. The van der Waals surface area contributed by atoms with E-state index < -0.39 is 17.9 Å². The summed E-state index contributed by atoms with van der Waals surface area (Å²) in [5.41, 5.74) is 1.77. The molecular weight excluding hydrogens is 370 g/mol. The maximum Gasteiger partial charge on any atom is 0.328 e. The molecule has 7 heteroatoms. The van der Waals surface area contributed by atoms with Crippen molar-refractivity contribution in [1.82, 2.24) is 10.3 Å². The van der Waals surface area contributed by atoms with Gasteiger partial charge in [0.05, 0.1) is 25.3 Å². The molecule has 1 heterocycles. The van der Waals surface area contributed by atoms with Gasteiger partial charge in [-0.15, -0.1) is 0 Å². The molecule has 29 heavy (non-hydrogen) atoms. The number of amides is 2. The molecule has 1 N–H and O–H groups in total. The quantitative estimate of drug-likeness (QED) is 0.723. The molecular formula is C22H25N3O4. The van der Waals surface area contributed by atoms with Gasteiger partial charge in [-0.3, -0.25) is 19.6 Å². The average molecular weight is 395 g/mol. The summed E-state index contributed by atoms with van der Waals surface area (Å²) in [4.78, 5) is 37.4. The first-order valence-electron chi connectivity index (χ1n) is 9.50. The summed E-state index contributed by atoms with van der Waals surface area (Å²) >= 11 is 0. The Hall–Kier alpha value is -3.35. The number of hydrogen-bond donors (Lipinski definition) is 1. The Morgan fingerprint density at radius 3 is 2.38 bits per heavy atom. The van der Waals surface area contributed by atoms with E-state index in [2.05, 4.69) is 5.32 Å². The van der Waals surface area contributed by atoms with Gasteiger partial charge in [-0.1, -0.05) is 48.5 Å². The number of hydrogen-bond acceptors (Lipinski definition) is 5. The second kappa shape index (κ2) is 9.23. The van der Waals surface area contributed by atoms with Gasteiger partial charge in [-0.25, -0.2) is 4.79 Å². The van der Waals surface area contributed by atoms with Crippen LogP contribution in [0, 0.1) is 5.92 Å². The highest BCUT2D eigenvalue weighted by Gasteiger charge is 2.38. The number of carbonyl (C=O) groups is 3. The number of anilines is 1. The van der Waals surface area contributed by atoms with E-state index in [0.29, 0.717) is 6.42 Å². The lowest BCUT2D eigenvalue weighted by atomic mass is 10.0. The van der Waals surface area contributed by atoms with Crippen molar-refractivity contribution >= 4 is 23.5 Å². The molecule has 2 atom stereocenters. The van der Waals surface area contributed by atoms with Crippen LogP contribution in [0.4, 0.5) is 5.69 Å². The number of benzene rings is 2. The number of para-hydroxylation sites is 1. The lowest BCUT2D eigenvalue weighted by molar-refractivity contribution is -0.145. The lowest BCUT2D eigenvalue weighted by Gasteiger charge is -2.30. The van der Waals surface area contributed by atoms with Crippen molar-refractivity contribution in [2.24, 2.45) is 5.92 Å². The topological polar surface area (TPSA) is 78.9 Å². The normalized spacial score (nSPS) is 17.0. The van der Waals surface area contributed by atoms with Crippen LogP contribution < -0.4 is 10.3 Å². The fourth-order valence-corrected chi connectivity index (χ4v) is 3.41. The molecule has 7 nitrogen and oxygen atoms in total. The van der Waals surface area contributed by atoms with Crippen molar-refractivity contribution in [3.05, 3.63) is 66.2 Å². The Labute approximate surface area is 170 Å². The third-order valence-electron chi connectivity index (χ3n) is 5.05. The van der Waals surface area contributed by atoms with Crippen LogP contribution in [0.3, 0.4) is 0 Å². The number of carbonyl (C=O) groups excluding carboxylic acids is 3. The lowest BCUT2D eigenvalue weighted by Crippen LogP contribution is -2.47. The number of ether oxygens (including phenoxy) is 1. The first kappa shape index (κ1) is 20.4.